The molecule has 188 valence electrons. The smallest absolute Gasteiger partial charge is 0.0618 e. The summed E-state index contributed by atoms with van der Waals surface area (Å²) in [6, 6.07) is 45.5. The normalized spacial score (nSPS) is 11.6. The van der Waals surface area contributed by atoms with Gasteiger partial charge >= 0.3 is 0 Å². The van der Waals surface area contributed by atoms with Crippen LogP contribution in [0, 0.1) is 5.41 Å². The van der Waals surface area contributed by atoms with Crippen molar-refractivity contribution >= 4 is 38.0 Å². The number of benzene rings is 7. The molecule has 0 spiro atoms. The average Bonchev–Trinajstić information content (AvgIpc) is 3.03. The lowest BCUT2D eigenvalue weighted by molar-refractivity contribution is 1.49. The predicted octanol–water partition coefficient (Wildman–Crippen LogP) is 10.7. The molecule has 0 aromatic heterocycles. The third-order valence-corrected chi connectivity index (χ3v) is 7.86. The first kappa shape index (κ1) is 23.8. The summed E-state index contributed by atoms with van der Waals surface area (Å²) >= 11 is 0. The van der Waals surface area contributed by atoms with E-state index in [0.717, 1.165) is 16.7 Å². The van der Waals surface area contributed by atoms with Gasteiger partial charge in [-0.1, -0.05) is 140 Å². The SMILES string of the molecule is C=C/C=C\C(=N)c1ccccc1-c1cc(-c2ccc(-c3ccccc3)cc2)c2ccc3cccc4ccc1c2c34. The van der Waals surface area contributed by atoms with E-state index >= 15 is 0 Å². The van der Waals surface area contributed by atoms with Gasteiger partial charge in [-0.3, -0.25) is 0 Å². The largest absolute Gasteiger partial charge is 0.300 e. The maximum atomic E-state index is 8.83. The van der Waals surface area contributed by atoms with Gasteiger partial charge in [-0.05, 0) is 77.8 Å². The van der Waals surface area contributed by atoms with E-state index in [1.54, 1.807) is 6.08 Å². The maximum absolute atomic E-state index is 8.83. The van der Waals surface area contributed by atoms with Gasteiger partial charge in [0.15, 0.2) is 0 Å². The van der Waals surface area contributed by atoms with E-state index in [0.29, 0.717) is 5.71 Å². The van der Waals surface area contributed by atoms with Crippen molar-refractivity contribution in [3.63, 3.8) is 0 Å². The minimum absolute atomic E-state index is 0.468. The Morgan fingerprint density at radius 2 is 1.15 bits per heavy atom. The van der Waals surface area contributed by atoms with Crippen LogP contribution in [0.4, 0.5) is 0 Å². The molecule has 40 heavy (non-hydrogen) atoms. The average molecular weight is 510 g/mol. The summed E-state index contributed by atoms with van der Waals surface area (Å²) < 4.78 is 0. The van der Waals surface area contributed by atoms with Crippen LogP contribution < -0.4 is 0 Å². The van der Waals surface area contributed by atoms with Gasteiger partial charge in [0.25, 0.3) is 0 Å². The van der Waals surface area contributed by atoms with Crippen LogP contribution in [-0.4, -0.2) is 5.71 Å². The first-order chi connectivity index (χ1) is 19.7. The van der Waals surface area contributed by atoms with E-state index in [1.165, 1.54) is 54.6 Å². The van der Waals surface area contributed by atoms with E-state index in [-0.39, 0.29) is 0 Å². The molecule has 1 heteroatoms. The molecule has 1 N–H and O–H groups in total. The van der Waals surface area contributed by atoms with Crippen molar-refractivity contribution in [2.45, 2.75) is 0 Å². The van der Waals surface area contributed by atoms with E-state index in [9.17, 15) is 0 Å². The number of hydrogen-bond acceptors (Lipinski definition) is 1. The van der Waals surface area contributed by atoms with Gasteiger partial charge in [-0.2, -0.15) is 0 Å². The topological polar surface area (TPSA) is 23.9 Å². The van der Waals surface area contributed by atoms with Gasteiger partial charge in [-0.15, -0.1) is 0 Å². The molecule has 1 nitrogen and oxygen atoms in total. The highest BCUT2D eigenvalue weighted by Crippen LogP contribution is 2.44. The number of nitrogens with one attached hydrogen (secondary N) is 1. The first-order valence-electron chi connectivity index (χ1n) is 13.6. The Balaban J connectivity index is 1.53. The van der Waals surface area contributed by atoms with Crippen LogP contribution >= 0.6 is 0 Å². The molecule has 0 saturated carbocycles. The van der Waals surface area contributed by atoms with Crippen molar-refractivity contribution in [1.82, 2.24) is 0 Å². The molecular weight excluding hydrogens is 482 g/mol. The van der Waals surface area contributed by atoms with Crippen LogP contribution in [0.15, 0.2) is 152 Å². The fraction of sp³-hybridized carbons (Fsp3) is 0. The minimum atomic E-state index is 0.468. The van der Waals surface area contributed by atoms with Crippen LogP contribution in [0.3, 0.4) is 0 Å². The van der Waals surface area contributed by atoms with E-state index in [4.69, 9.17) is 5.41 Å². The summed E-state index contributed by atoms with van der Waals surface area (Å²) in [5.74, 6) is 0. The van der Waals surface area contributed by atoms with Crippen molar-refractivity contribution in [2.75, 3.05) is 0 Å². The first-order valence-corrected chi connectivity index (χ1v) is 13.6. The summed E-state index contributed by atoms with van der Waals surface area (Å²) in [5.41, 5.74) is 8.36. The molecule has 0 unspecified atom stereocenters. The Labute approximate surface area is 234 Å². The summed E-state index contributed by atoms with van der Waals surface area (Å²) in [6.45, 7) is 3.78. The highest BCUT2D eigenvalue weighted by atomic mass is 14.4. The molecule has 0 aliphatic rings. The Morgan fingerprint density at radius 1 is 0.525 bits per heavy atom. The lowest BCUT2D eigenvalue weighted by atomic mass is 9.84. The van der Waals surface area contributed by atoms with Crippen molar-refractivity contribution in [2.24, 2.45) is 0 Å². The summed E-state index contributed by atoms with van der Waals surface area (Å²) in [5, 5.41) is 16.3. The van der Waals surface area contributed by atoms with E-state index < -0.39 is 0 Å². The fourth-order valence-corrected chi connectivity index (χ4v) is 5.97. The zero-order valence-corrected chi connectivity index (χ0v) is 22.1. The molecule has 7 aromatic carbocycles. The van der Waals surface area contributed by atoms with E-state index in [2.05, 4.69) is 122 Å². The molecule has 7 aromatic rings. The summed E-state index contributed by atoms with van der Waals surface area (Å²) in [7, 11) is 0. The number of allylic oxidation sites excluding steroid dienone is 3. The Hall–Kier alpha value is -5.27. The van der Waals surface area contributed by atoms with Gasteiger partial charge in [0.05, 0.1) is 5.71 Å². The van der Waals surface area contributed by atoms with Gasteiger partial charge in [0.1, 0.15) is 0 Å². The molecule has 0 amide bonds. The molecule has 0 atom stereocenters. The second-order valence-electron chi connectivity index (χ2n) is 10.1. The third-order valence-electron chi connectivity index (χ3n) is 7.86. The number of hydrogen-bond donors (Lipinski definition) is 1. The number of rotatable bonds is 6. The standard InChI is InChI=1S/C39H27N/c1-2-3-16-37(40)32-15-8-7-14-31(32)36-25-35(28-19-17-27(18-20-28)26-10-5-4-6-11-26)33-23-21-29-12-9-13-30-22-24-34(36)39(33)38(29)30/h2-25,40H,1H2/b16-3-,40-37?. The minimum Gasteiger partial charge on any atom is -0.300 e. The quantitative estimate of drug-likeness (QED) is 0.131. The van der Waals surface area contributed by atoms with E-state index in [1.807, 2.05) is 24.3 Å². The van der Waals surface area contributed by atoms with Crippen molar-refractivity contribution in [1.29, 1.82) is 5.41 Å². The monoisotopic (exact) mass is 509 g/mol. The van der Waals surface area contributed by atoms with Crippen molar-refractivity contribution < 1.29 is 0 Å². The predicted molar refractivity (Wildman–Crippen MR) is 173 cm³/mol. The maximum Gasteiger partial charge on any atom is 0.0618 e. The third kappa shape index (κ3) is 3.92. The van der Waals surface area contributed by atoms with Crippen LogP contribution in [0.2, 0.25) is 0 Å². The van der Waals surface area contributed by atoms with Crippen LogP contribution in [0.25, 0.3) is 65.7 Å². The summed E-state index contributed by atoms with van der Waals surface area (Å²) in [6.07, 6.45) is 5.35. The van der Waals surface area contributed by atoms with Gasteiger partial charge in [0.2, 0.25) is 0 Å². The van der Waals surface area contributed by atoms with Crippen LogP contribution in [0.5, 0.6) is 0 Å². The molecule has 7 rings (SSSR count). The lowest BCUT2D eigenvalue weighted by Crippen LogP contribution is -1.99. The Bertz CT molecular complexity index is 2050. The summed E-state index contributed by atoms with van der Waals surface area (Å²) in [4.78, 5) is 0. The zero-order valence-electron chi connectivity index (χ0n) is 22.1. The van der Waals surface area contributed by atoms with Crippen LogP contribution in [0.1, 0.15) is 5.56 Å². The highest BCUT2D eigenvalue weighted by molar-refractivity contribution is 6.28. The fourth-order valence-electron chi connectivity index (χ4n) is 5.97. The van der Waals surface area contributed by atoms with Crippen LogP contribution in [-0.2, 0) is 0 Å². The van der Waals surface area contributed by atoms with Gasteiger partial charge < -0.3 is 5.41 Å². The molecule has 0 aliphatic heterocycles. The van der Waals surface area contributed by atoms with Gasteiger partial charge in [-0.25, -0.2) is 0 Å². The highest BCUT2D eigenvalue weighted by Gasteiger charge is 2.18. The lowest BCUT2D eigenvalue weighted by Gasteiger charge is -2.19. The Morgan fingerprint density at radius 3 is 1.88 bits per heavy atom. The molecule has 0 aliphatic carbocycles. The van der Waals surface area contributed by atoms with Crippen molar-refractivity contribution in [3.8, 4) is 33.4 Å². The molecule has 0 bridgehead atoms. The second kappa shape index (κ2) is 9.80. The molecule has 0 heterocycles. The second-order valence-corrected chi connectivity index (χ2v) is 10.1. The molecule has 0 fully saturated rings. The van der Waals surface area contributed by atoms with Crippen molar-refractivity contribution in [3.05, 3.63) is 158 Å². The molecular formula is C39H27N. The van der Waals surface area contributed by atoms with Gasteiger partial charge in [0, 0.05) is 5.56 Å². The Kier molecular flexibility index (Phi) is 5.83. The molecule has 0 saturated heterocycles. The molecule has 0 radical (unpaired) electrons. The zero-order chi connectivity index (χ0) is 27.1.